The average molecular weight is 350 g/mol. The fourth-order valence-electron chi connectivity index (χ4n) is 3.01. The molecule has 1 aliphatic heterocycles. The Labute approximate surface area is 146 Å². The number of carbonyl (C=O) groups excluding carboxylic acids is 2. The summed E-state index contributed by atoms with van der Waals surface area (Å²) in [7, 11) is 0. The lowest BCUT2D eigenvalue weighted by atomic mass is 9.74. The maximum Gasteiger partial charge on any atom is 0.241 e. The van der Waals surface area contributed by atoms with E-state index in [4.69, 9.17) is 0 Å². The third-order valence-corrected chi connectivity index (χ3v) is 4.76. The zero-order valence-electron chi connectivity index (χ0n) is 13.6. The number of benzene rings is 1. The molecule has 6 heteroatoms. The number of hydrogen-bond donors (Lipinski definition) is 2. The van der Waals surface area contributed by atoms with Crippen molar-refractivity contribution in [2.24, 2.45) is 5.41 Å². The molecule has 0 saturated carbocycles. The van der Waals surface area contributed by atoms with E-state index in [0.29, 0.717) is 30.7 Å². The van der Waals surface area contributed by atoms with Crippen molar-refractivity contribution in [3.8, 4) is 0 Å². The summed E-state index contributed by atoms with van der Waals surface area (Å²) in [6.07, 6.45) is 4.15. The Morgan fingerprint density at radius 2 is 1.62 bits per heavy atom. The highest BCUT2D eigenvalue weighted by atomic mass is 32.2. The Morgan fingerprint density at radius 3 is 2.25 bits per heavy atom. The maximum absolute atomic E-state index is 12.6. The van der Waals surface area contributed by atoms with Gasteiger partial charge in [0.15, 0.2) is 0 Å². The molecule has 2 amide bonds. The van der Waals surface area contributed by atoms with Gasteiger partial charge in [0.2, 0.25) is 11.8 Å². The molecule has 1 aliphatic rings. The predicted molar refractivity (Wildman–Crippen MR) is 94.7 cm³/mol. The van der Waals surface area contributed by atoms with Gasteiger partial charge in [-0.1, -0.05) is 56.2 Å². The van der Waals surface area contributed by atoms with E-state index in [0.717, 1.165) is 31.2 Å². The summed E-state index contributed by atoms with van der Waals surface area (Å²) >= 11 is 0.352. The van der Waals surface area contributed by atoms with Crippen molar-refractivity contribution in [3.63, 3.8) is 0 Å². The van der Waals surface area contributed by atoms with Gasteiger partial charge >= 0.3 is 0 Å². The molecule has 2 rings (SSSR count). The first-order chi connectivity index (χ1) is 11.6. The molecule has 1 aromatic carbocycles. The van der Waals surface area contributed by atoms with Crippen LogP contribution in [-0.2, 0) is 16.0 Å². The quantitative estimate of drug-likeness (QED) is 0.529. The number of amides is 2. The highest BCUT2D eigenvalue weighted by Crippen LogP contribution is 2.33. The van der Waals surface area contributed by atoms with Gasteiger partial charge in [-0.15, -0.1) is 0 Å². The van der Waals surface area contributed by atoms with Crippen LogP contribution in [0.25, 0.3) is 0 Å². The minimum absolute atomic E-state index is 0.230. The van der Waals surface area contributed by atoms with Gasteiger partial charge in [-0.25, -0.2) is 0 Å². The second-order valence-corrected chi connectivity index (χ2v) is 6.74. The molecule has 0 spiro atoms. The van der Waals surface area contributed by atoms with E-state index in [1.165, 1.54) is 0 Å². The summed E-state index contributed by atoms with van der Waals surface area (Å²) in [6.45, 7) is 3.62. The van der Waals surface area contributed by atoms with Crippen LogP contribution in [0.2, 0.25) is 0 Å². The summed E-state index contributed by atoms with van der Waals surface area (Å²) in [5.41, 5.74) is -0.165. The van der Waals surface area contributed by atoms with Crippen LogP contribution in [0.4, 0.5) is 3.89 Å². The summed E-state index contributed by atoms with van der Waals surface area (Å²) in [6, 6.07) is 9.54. The van der Waals surface area contributed by atoms with Crippen molar-refractivity contribution >= 4 is 24.0 Å². The highest BCUT2D eigenvalue weighted by Gasteiger charge is 2.48. The van der Waals surface area contributed by atoms with Gasteiger partial charge < -0.3 is 10.6 Å². The lowest BCUT2D eigenvalue weighted by molar-refractivity contribution is -0.146. The molecular weight excluding hydrogens is 327 g/mol. The van der Waals surface area contributed by atoms with E-state index in [2.05, 4.69) is 17.2 Å². The molecule has 24 heavy (non-hydrogen) atoms. The standard InChI is InChI=1S/C18H23FN2O2S/c1-14-20-16(22)18(17(23)21-14,11-7-2-3-8-12-24-19)13-15-9-5-4-6-10-15/h4-6,9-10H,1-3,7-8,11-13H2,(H,20,22)(H,21,23). The second-order valence-electron chi connectivity index (χ2n) is 6.11. The topological polar surface area (TPSA) is 58.2 Å². The predicted octanol–water partition coefficient (Wildman–Crippen LogP) is 3.50. The van der Waals surface area contributed by atoms with Crippen molar-refractivity contribution in [1.29, 1.82) is 0 Å². The maximum atomic E-state index is 12.6. The molecule has 1 saturated heterocycles. The number of unbranched alkanes of at least 4 members (excludes halogenated alkanes) is 3. The first kappa shape index (κ1) is 18.5. The molecule has 4 nitrogen and oxygen atoms in total. The summed E-state index contributed by atoms with van der Waals surface area (Å²) in [5, 5.41) is 5.33. The first-order valence-electron chi connectivity index (χ1n) is 8.18. The summed E-state index contributed by atoms with van der Waals surface area (Å²) < 4.78 is 12.0. The number of hydrogen-bond acceptors (Lipinski definition) is 3. The van der Waals surface area contributed by atoms with Crippen LogP contribution < -0.4 is 10.6 Å². The lowest BCUT2D eigenvalue weighted by Gasteiger charge is -2.36. The first-order valence-corrected chi connectivity index (χ1v) is 9.06. The Morgan fingerprint density at radius 1 is 1.00 bits per heavy atom. The number of rotatable bonds is 9. The molecule has 0 aliphatic carbocycles. The molecule has 0 aromatic heterocycles. The van der Waals surface area contributed by atoms with Crippen LogP contribution in [0.15, 0.2) is 42.7 Å². The van der Waals surface area contributed by atoms with Crippen molar-refractivity contribution in [1.82, 2.24) is 10.6 Å². The fraction of sp³-hybridized carbons (Fsp3) is 0.444. The minimum atomic E-state index is -1.11. The summed E-state index contributed by atoms with van der Waals surface area (Å²) in [4.78, 5) is 25.2. The summed E-state index contributed by atoms with van der Waals surface area (Å²) in [5.74, 6) is 0.142. The van der Waals surface area contributed by atoms with Crippen LogP contribution in [0.1, 0.15) is 37.7 Å². The SMILES string of the molecule is C=C1NC(=O)C(CCCCCCSF)(Cc2ccccc2)C(=O)N1. The van der Waals surface area contributed by atoms with Gasteiger partial charge in [0.25, 0.3) is 0 Å². The third-order valence-electron chi connectivity index (χ3n) is 4.32. The van der Waals surface area contributed by atoms with E-state index in [1.807, 2.05) is 30.3 Å². The molecule has 0 bridgehead atoms. The molecule has 1 aromatic rings. The van der Waals surface area contributed by atoms with Gasteiger partial charge in [0, 0.05) is 17.9 Å². The van der Waals surface area contributed by atoms with E-state index >= 15 is 0 Å². The zero-order valence-corrected chi connectivity index (χ0v) is 14.5. The smallest absolute Gasteiger partial charge is 0.241 e. The van der Waals surface area contributed by atoms with Crippen LogP contribution in [0.3, 0.4) is 0 Å². The minimum Gasteiger partial charge on any atom is -0.312 e. The normalized spacial score (nSPS) is 16.6. The van der Waals surface area contributed by atoms with Crippen LogP contribution in [0, 0.1) is 5.41 Å². The number of carbonyl (C=O) groups is 2. The molecule has 2 N–H and O–H groups in total. The second kappa shape index (κ2) is 8.87. The van der Waals surface area contributed by atoms with Crippen LogP contribution in [-0.4, -0.2) is 17.6 Å². The Kier molecular flexibility index (Phi) is 6.85. The average Bonchev–Trinajstić information content (AvgIpc) is 2.56. The van der Waals surface area contributed by atoms with Gasteiger partial charge in [0.1, 0.15) is 11.2 Å². The molecule has 130 valence electrons. The Hall–Kier alpha value is -1.82. The molecule has 0 radical (unpaired) electrons. The lowest BCUT2D eigenvalue weighted by Crippen LogP contribution is -2.59. The van der Waals surface area contributed by atoms with E-state index in [9.17, 15) is 13.5 Å². The van der Waals surface area contributed by atoms with Crippen molar-refractivity contribution in [3.05, 3.63) is 48.3 Å². The van der Waals surface area contributed by atoms with E-state index < -0.39 is 5.41 Å². The molecular formula is C18H23FN2O2S. The Balaban J connectivity index is 2.08. The van der Waals surface area contributed by atoms with Gasteiger partial charge in [-0.05, 0) is 24.8 Å². The number of halogens is 1. The monoisotopic (exact) mass is 350 g/mol. The van der Waals surface area contributed by atoms with Gasteiger partial charge in [0.05, 0.1) is 0 Å². The third kappa shape index (κ3) is 4.60. The van der Waals surface area contributed by atoms with Crippen molar-refractivity contribution < 1.29 is 13.5 Å². The van der Waals surface area contributed by atoms with Crippen LogP contribution in [0.5, 0.6) is 0 Å². The molecule has 0 atom stereocenters. The van der Waals surface area contributed by atoms with Crippen LogP contribution >= 0.6 is 12.1 Å². The van der Waals surface area contributed by atoms with E-state index in [-0.39, 0.29) is 17.6 Å². The molecule has 1 heterocycles. The van der Waals surface area contributed by atoms with Crippen molar-refractivity contribution in [2.75, 3.05) is 5.75 Å². The fourth-order valence-corrected chi connectivity index (χ4v) is 3.32. The Bertz CT molecular complexity index is 572. The highest BCUT2D eigenvalue weighted by molar-refractivity contribution is 7.94. The molecule has 1 fully saturated rings. The van der Waals surface area contributed by atoms with Crippen molar-refractivity contribution in [2.45, 2.75) is 38.5 Å². The molecule has 0 unspecified atom stereocenters. The van der Waals surface area contributed by atoms with Gasteiger partial charge in [-0.3, -0.25) is 9.59 Å². The zero-order chi connectivity index (χ0) is 17.4. The van der Waals surface area contributed by atoms with E-state index in [1.54, 1.807) is 0 Å². The number of nitrogens with one attached hydrogen (secondary N) is 2. The largest absolute Gasteiger partial charge is 0.312 e. The van der Waals surface area contributed by atoms with Gasteiger partial charge in [-0.2, -0.15) is 3.89 Å².